The van der Waals surface area contributed by atoms with Crippen molar-refractivity contribution in [2.45, 2.75) is 0 Å². The Labute approximate surface area is 154 Å². The van der Waals surface area contributed by atoms with Crippen molar-refractivity contribution in [2.24, 2.45) is 0 Å². The van der Waals surface area contributed by atoms with E-state index >= 15 is 0 Å². The van der Waals surface area contributed by atoms with E-state index in [9.17, 15) is 5.11 Å². The fraction of sp³-hybridized carbons (Fsp3) is 0.0500. The average molecular weight is 368 g/mol. The first-order valence-corrected chi connectivity index (χ1v) is 8.21. The summed E-state index contributed by atoms with van der Waals surface area (Å²) in [7, 11) is 1.53. The van der Waals surface area contributed by atoms with Gasteiger partial charge in [0.25, 0.3) is 0 Å². The van der Waals surface area contributed by atoms with Crippen LogP contribution in [-0.4, -0.2) is 17.2 Å². The summed E-state index contributed by atoms with van der Waals surface area (Å²) in [6.45, 7) is 0. The summed E-state index contributed by atoms with van der Waals surface area (Å²) in [6, 6.07) is 17.3. The fourth-order valence-electron chi connectivity index (χ4n) is 2.58. The molecular formula is C20H14ClNO4. The predicted octanol–water partition coefficient (Wildman–Crippen LogP) is 5.65. The number of hydrogen-bond donors (Lipinski definition) is 1. The monoisotopic (exact) mass is 367 g/mol. The SMILES string of the molecule is COc1cc(O)ccc1-c1nc2ccc(Oc3ccc(Cl)cc3)cc2o1. The molecule has 0 aliphatic rings. The van der Waals surface area contributed by atoms with Crippen molar-refractivity contribution in [3.05, 3.63) is 65.7 Å². The number of aromatic hydroxyl groups is 1. The van der Waals surface area contributed by atoms with Gasteiger partial charge in [0.2, 0.25) is 5.89 Å². The largest absolute Gasteiger partial charge is 0.508 e. The molecule has 4 aromatic rings. The van der Waals surface area contributed by atoms with Crippen LogP contribution in [0.4, 0.5) is 0 Å². The van der Waals surface area contributed by atoms with Crippen molar-refractivity contribution < 1.29 is 19.0 Å². The summed E-state index contributed by atoms with van der Waals surface area (Å²) in [6.07, 6.45) is 0. The lowest BCUT2D eigenvalue weighted by Gasteiger charge is -2.05. The maximum atomic E-state index is 9.59. The Morgan fingerprint density at radius 3 is 2.50 bits per heavy atom. The molecule has 0 spiro atoms. The van der Waals surface area contributed by atoms with Gasteiger partial charge in [-0.3, -0.25) is 0 Å². The summed E-state index contributed by atoms with van der Waals surface area (Å²) in [5.74, 6) is 2.30. The van der Waals surface area contributed by atoms with Crippen LogP contribution in [0.5, 0.6) is 23.0 Å². The van der Waals surface area contributed by atoms with Crippen LogP contribution in [0.1, 0.15) is 0 Å². The molecule has 0 amide bonds. The zero-order chi connectivity index (χ0) is 18.1. The second-order valence-corrected chi connectivity index (χ2v) is 6.03. The summed E-state index contributed by atoms with van der Waals surface area (Å²) in [5, 5.41) is 10.2. The molecule has 0 radical (unpaired) electrons. The number of aromatic nitrogens is 1. The van der Waals surface area contributed by atoms with Gasteiger partial charge in [-0.1, -0.05) is 11.6 Å². The van der Waals surface area contributed by atoms with Gasteiger partial charge >= 0.3 is 0 Å². The second kappa shape index (κ2) is 6.61. The molecule has 4 rings (SSSR count). The molecule has 26 heavy (non-hydrogen) atoms. The molecule has 0 bridgehead atoms. The molecule has 5 nitrogen and oxygen atoms in total. The second-order valence-electron chi connectivity index (χ2n) is 5.59. The van der Waals surface area contributed by atoms with Crippen LogP contribution >= 0.6 is 11.6 Å². The summed E-state index contributed by atoms with van der Waals surface area (Å²) >= 11 is 5.88. The molecule has 1 aromatic heterocycles. The van der Waals surface area contributed by atoms with Crippen molar-refractivity contribution in [3.8, 4) is 34.5 Å². The molecule has 130 valence electrons. The quantitative estimate of drug-likeness (QED) is 0.504. The first-order valence-electron chi connectivity index (χ1n) is 7.84. The normalized spacial score (nSPS) is 10.8. The molecule has 1 N–H and O–H groups in total. The number of benzene rings is 3. The van der Waals surface area contributed by atoms with Crippen LogP contribution in [-0.2, 0) is 0 Å². The van der Waals surface area contributed by atoms with Crippen LogP contribution in [0.2, 0.25) is 5.02 Å². The minimum atomic E-state index is 0.111. The van der Waals surface area contributed by atoms with Crippen LogP contribution in [0.3, 0.4) is 0 Å². The minimum absolute atomic E-state index is 0.111. The Balaban J connectivity index is 1.69. The summed E-state index contributed by atoms with van der Waals surface area (Å²) in [5.41, 5.74) is 1.93. The van der Waals surface area contributed by atoms with E-state index in [1.807, 2.05) is 12.1 Å². The van der Waals surface area contributed by atoms with Crippen molar-refractivity contribution in [1.29, 1.82) is 0 Å². The number of methoxy groups -OCH3 is 1. The van der Waals surface area contributed by atoms with E-state index in [-0.39, 0.29) is 5.75 Å². The topological polar surface area (TPSA) is 64.7 Å². The molecule has 3 aromatic carbocycles. The summed E-state index contributed by atoms with van der Waals surface area (Å²) in [4.78, 5) is 4.48. The van der Waals surface area contributed by atoms with Crippen molar-refractivity contribution in [2.75, 3.05) is 7.11 Å². The Morgan fingerprint density at radius 1 is 0.962 bits per heavy atom. The lowest BCUT2D eigenvalue weighted by atomic mass is 10.2. The third-order valence-corrected chi connectivity index (χ3v) is 4.08. The maximum absolute atomic E-state index is 9.59. The van der Waals surface area contributed by atoms with E-state index in [1.54, 1.807) is 42.5 Å². The van der Waals surface area contributed by atoms with Gasteiger partial charge in [0.05, 0.1) is 12.7 Å². The number of rotatable bonds is 4. The third kappa shape index (κ3) is 3.17. The Hall–Kier alpha value is -3.18. The average Bonchev–Trinajstić information content (AvgIpc) is 3.06. The molecule has 0 saturated carbocycles. The van der Waals surface area contributed by atoms with Gasteiger partial charge in [0.1, 0.15) is 28.5 Å². The Bertz CT molecular complexity index is 1070. The van der Waals surface area contributed by atoms with E-state index in [0.29, 0.717) is 44.8 Å². The van der Waals surface area contributed by atoms with Crippen LogP contribution in [0.15, 0.2) is 65.1 Å². The molecule has 0 unspecified atom stereocenters. The van der Waals surface area contributed by atoms with E-state index in [0.717, 1.165) is 0 Å². The van der Waals surface area contributed by atoms with E-state index in [2.05, 4.69) is 4.98 Å². The van der Waals surface area contributed by atoms with Gasteiger partial charge in [-0.15, -0.1) is 0 Å². The minimum Gasteiger partial charge on any atom is -0.508 e. The number of halogens is 1. The van der Waals surface area contributed by atoms with Crippen molar-refractivity contribution >= 4 is 22.7 Å². The number of fused-ring (bicyclic) bond motifs is 1. The number of oxazole rings is 1. The molecular weight excluding hydrogens is 354 g/mol. The van der Waals surface area contributed by atoms with Crippen LogP contribution in [0, 0.1) is 0 Å². The number of ether oxygens (including phenoxy) is 2. The van der Waals surface area contributed by atoms with Crippen molar-refractivity contribution in [1.82, 2.24) is 4.98 Å². The Morgan fingerprint density at radius 2 is 1.73 bits per heavy atom. The lowest BCUT2D eigenvalue weighted by Crippen LogP contribution is -1.87. The number of nitrogens with zero attached hydrogens (tertiary/aromatic N) is 1. The third-order valence-electron chi connectivity index (χ3n) is 3.82. The highest BCUT2D eigenvalue weighted by atomic mass is 35.5. The van der Waals surface area contributed by atoms with Gasteiger partial charge < -0.3 is 19.0 Å². The highest BCUT2D eigenvalue weighted by Crippen LogP contribution is 2.35. The smallest absolute Gasteiger partial charge is 0.231 e. The standard InChI is InChI=1S/C20H14ClNO4/c1-24-18-10-13(23)4-8-16(18)20-22-17-9-7-15(11-19(17)26-20)25-14-5-2-12(21)3-6-14/h2-11,23H,1H3. The molecule has 0 saturated heterocycles. The van der Waals surface area contributed by atoms with Gasteiger partial charge in [-0.2, -0.15) is 0 Å². The molecule has 6 heteroatoms. The number of phenols is 1. The van der Waals surface area contributed by atoms with E-state index < -0.39 is 0 Å². The maximum Gasteiger partial charge on any atom is 0.231 e. The molecule has 1 heterocycles. The molecule has 0 aliphatic carbocycles. The zero-order valence-corrected chi connectivity index (χ0v) is 14.5. The van der Waals surface area contributed by atoms with Gasteiger partial charge in [-0.25, -0.2) is 4.98 Å². The highest BCUT2D eigenvalue weighted by molar-refractivity contribution is 6.30. The van der Waals surface area contributed by atoms with Gasteiger partial charge in [0.15, 0.2) is 5.58 Å². The first kappa shape index (κ1) is 16.3. The van der Waals surface area contributed by atoms with E-state index in [4.69, 9.17) is 25.5 Å². The van der Waals surface area contributed by atoms with Crippen LogP contribution < -0.4 is 9.47 Å². The first-order chi connectivity index (χ1) is 12.6. The molecule has 0 atom stereocenters. The van der Waals surface area contributed by atoms with Gasteiger partial charge in [0, 0.05) is 17.2 Å². The lowest BCUT2D eigenvalue weighted by molar-refractivity contribution is 0.407. The molecule has 0 fully saturated rings. The Kier molecular flexibility index (Phi) is 4.14. The fourth-order valence-corrected chi connectivity index (χ4v) is 2.70. The molecule has 0 aliphatic heterocycles. The highest BCUT2D eigenvalue weighted by Gasteiger charge is 2.14. The predicted molar refractivity (Wildman–Crippen MR) is 99.2 cm³/mol. The van der Waals surface area contributed by atoms with Crippen LogP contribution in [0.25, 0.3) is 22.6 Å². The number of hydrogen-bond acceptors (Lipinski definition) is 5. The summed E-state index contributed by atoms with van der Waals surface area (Å²) < 4.78 is 17.0. The van der Waals surface area contributed by atoms with Gasteiger partial charge in [-0.05, 0) is 48.5 Å². The van der Waals surface area contributed by atoms with E-state index in [1.165, 1.54) is 13.2 Å². The zero-order valence-electron chi connectivity index (χ0n) is 13.8. The van der Waals surface area contributed by atoms with Crippen molar-refractivity contribution in [3.63, 3.8) is 0 Å². The number of phenolic OH excluding ortho intramolecular Hbond substituents is 1.